The second-order valence-electron chi connectivity index (χ2n) is 6.63. The zero-order chi connectivity index (χ0) is 12.9. The molecule has 0 bridgehead atoms. The fourth-order valence-electron chi connectivity index (χ4n) is 2.62. The molecular weight excluding hydrogens is 222 g/mol. The minimum absolute atomic E-state index is 0.409. The Labute approximate surface area is 109 Å². The van der Waals surface area contributed by atoms with E-state index in [-0.39, 0.29) is 0 Å². The summed E-state index contributed by atoms with van der Waals surface area (Å²) in [7, 11) is 0. The van der Waals surface area contributed by atoms with Gasteiger partial charge in [-0.1, -0.05) is 13.8 Å². The predicted octanol–water partition coefficient (Wildman–Crippen LogP) is 2.86. The molecule has 1 aromatic rings. The van der Waals surface area contributed by atoms with Crippen molar-refractivity contribution in [1.29, 1.82) is 0 Å². The van der Waals surface area contributed by atoms with Gasteiger partial charge in [0.2, 0.25) is 0 Å². The predicted molar refractivity (Wildman–Crippen MR) is 72.5 cm³/mol. The molecule has 2 aliphatic rings. The molecule has 2 fully saturated rings. The smallest absolute Gasteiger partial charge is 0.132 e. The number of rotatable bonds is 4. The summed E-state index contributed by atoms with van der Waals surface area (Å²) in [6.45, 7) is 9.77. The Hall–Kier alpha value is -0.960. The zero-order valence-corrected chi connectivity index (χ0v) is 11.9. The molecular formula is C15H23N3. The summed E-state index contributed by atoms with van der Waals surface area (Å²) in [5, 5.41) is 3.56. The van der Waals surface area contributed by atoms with Crippen LogP contribution in [-0.4, -0.2) is 16.0 Å². The van der Waals surface area contributed by atoms with Crippen molar-refractivity contribution in [3.63, 3.8) is 0 Å². The number of hydrogen-bond acceptors (Lipinski definition) is 3. The molecule has 2 aliphatic carbocycles. The lowest BCUT2D eigenvalue weighted by atomic mass is 10.1. The topological polar surface area (TPSA) is 37.8 Å². The van der Waals surface area contributed by atoms with E-state index in [0.29, 0.717) is 11.3 Å². The highest BCUT2D eigenvalue weighted by molar-refractivity contribution is 5.27. The first kappa shape index (κ1) is 12.1. The van der Waals surface area contributed by atoms with E-state index in [1.165, 1.54) is 24.8 Å². The fraction of sp³-hybridized carbons (Fsp3) is 0.733. The maximum absolute atomic E-state index is 4.74. The molecule has 98 valence electrons. The molecule has 3 heteroatoms. The first-order chi connectivity index (χ1) is 8.47. The molecule has 1 N–H and O–H groups in total. The molecule has 1 heterocycles. The lowest BCUT2D eigenvalue weighted by Gasteiger charge is -2.12. The van der Waals surface area contributed by atoms with Gasteiger partial charge in [-0.05, 0) is 38.5 Å². The Balaban J connectivity index is 1.79. The van der Waals surface area contributed by atoms with Crippen molar-refractivity contribution in [3.05, 3.63) is 22.8 Å². The maximum atomic E-state index is 4.74. The van der Waals surface area contributed by atoms with Crippen LogP contribution in [0.4, 0.5) is 0 Å². The molecule has 1 unspecified atom stereocenters. The highest BCUT2D eigenvalue weighted by Crippen LogP contribution is 2.57. The largest absolute Gasteiger partial charge is 0.310 e. The second kappa shape index (κ2) is 4.02. The molecule has 0 aliphatic heterocycles. The van der Waals surface area contributed by atoms with Gasteiger partial charge in [0.15, 0.2) is 0 Å². The van der Waals surface area contributed by atoms with E-state index in [9.17, 15) is 0 Å². The lowest BCUT2D eigenvalue weighted by Crippen LogP contribution is -2.18. The molecule has 0 amide bonds. The van der Waals surface area contributed by atoms with Gasteiger partial charge in [-0.25, -0.2) is 9.97 Å². The van der Waals surface area contributed by atoms with E-state index < -0.39 is 0 Å². The molecule has 3 rings (SSSR count). The summed E-state index contributed by atoms with van der Waals surface area (Å²) < 4.78 is 0. The van der Waals surface area contributed by atoms with Crippen LogP contribution >= 0.6 is 0 Å². The molecule has 0 spiro atoms. The van der Waals surface area contributed by atoms with Crippen LogP contribution in [0.15, 0.2) is 0 Å². The van der Waals surface area contributed by atoms with E-state index in [4.69, 9.17) is 9.97 Å². The Bertz CT molecular complexity index is 452. The number of nitrogens with zero attached hydrogens (tertiary/aromatic N) is 2. The van der Waals surface area contributed by atoms with Crippen LogP contribution in [0.25, 0.3) is 0 Å². The first-order valence-electron chi connectivity index (χ1n) is 7.05. The van der Waals surface area contributed by atoms with Gasteiger partial charge in [0.1, 0.15) is 5.82 Å². The van der Waals surface area contributed by atoms with Gasteiger partial charge < -0.3 is 5.32 Å². The van der Waals surface area contributed by atoms with Crippen LogP contribution in [0, 0.1) is 19.3 Å². The molecule has 1 aromatic heterocycles. The Morgan fingerprint density at radius 1 is 1.17 bits per heavy atom. The van der Waals surface area contributed by atoms with E-state index in [1.54, 1.807) is 0 Å². The van der Waals surface area contributed by atoms with Crippen LogP contribution in [0.5, 0.6) is 0 Å². The van der Waals surface area contributed by atoms with Gasteiger partial charge in [0.25, 0.3) is 0 Å². The van der Waals surface area contributed by atoms with E-state index in [2.05, 4.69) is 33.0 Å². The van der Waals surface area contributed by atoms with Crippen molar-refractivity contribution >= 4 is 0 Å². The van der Waals surface area contributed by atoms with Crippen LogP contribution in [0.2, 0.25) is 0 Å². The van der Waals surface area contributed by atoms with Gasteiger partial charge >= 0.3 is 0 Å². The summed E-state index contributed by atoms with van der Waals surface area (Å²) in [5.41, 5.74) is 4.03. The summed E-state index contributed by atoms with van der Waals surface area (Å²) in [6.07, 6.45) is 3.88. The monoisotopic (exact) mass is 245 g/mol. The summed E-state index contributed by atoms with van der Waals surface area (Å²) in [6, 6.07) is 0.742. The minimum atomic E-state index is 0.409. The number of aryl methyl sites for hydroxylation is 2. The van der Waals surface area contributed by atoms with Gasteiger partial charge in [-0.15, -0.1) is 0 Å². The van der Waals surface area contributed by atoms with Crippen molar-refractivity contribution in [2.24, 2.45) is 5.41 Å². The summed E-state index contributed by atoms with van der Waals surface area (Å²) >= 11 is 0. The Morgan fingerprint density at radius 3 is 2.17 bits per heavy atom. The second-order valence-corrected chi connectivity index (χ2v) is 6.63. The van der Waals surface area contributed by atoms with Crippen LogP contribution in [0.3, 0.4) is 0 Å². The highest BCUT2D eigenvalue weighted by atomic mass is 15.0. The van der Waals surface area contributed by atoms with E-state index in [0.717, 1.165) is 29.8 Å². The summed E-state index contributed by atoms with van der Waals surface area (Å²) in [4.78, 5) is 9.48. The molecule has 3 nitrogen and oxygen atoms in total. The van der Waals surface area contributed by atoms with Crippen molar-refractivity contribution in [1.82, 2.24) is 15.3 Å². The average Bonchev–Trinajstić information content (AvgIpc) is 3.15. The maximum Gasteiger partial charge on any atom is 0.132 e. The molecule has 18 heavy (non-hydrogen) atoms. The fourth-order valence-corrected chi connectivity index (χ4v) is 2.62. The van der Waals surface area contributed by atoms with Crippen LogP contribution in [-0.2, 0) is 6.54 Å². The molecule has 0 saturated heterocycles. The van der Waals surface area contributed by atoms with Crippen molar-refractivity contribution in [2.75, 3.05) is 0 Å². The van der Waals surface area contributed by atoms with E-state index >= 15 is 0 Å². The van der Waals surface area contributed by atoms with Gasteiger partial charge in [0.05, 0.1) is 0 Å². The molecule has 0 radical (unpaired) electrons. The van der Waals surface area contributed by atoms with Crippen LogP contribution < -0.4 is 5.32 Å². The summed E-state index contributed by atoms with van der Waals surface area (Å²) in [5.74, 6) is 1.63. The standard InChI is InChI=1S/C15H23N3/c1-9-12(8-16-11-5-6-11)10(2)18-14(17-9)13-7-15(13,3)4/h11,13,16H,5-8H2,1-4H3. The van der Waals surface area contributed by atoms with Crippen LogP contribution in [0.1, 0.15) is 61.8 Å². The highest BCUT2D eigenvalue weighted by Gasteiger charge is 2.48. The minimum Gasteiger partial charge on any atom is -0.310 e. The lowest BCUT2D eigenvalue weighted by molar-refractivity contribution is 0.603. The SMILES string of the molecule is Cc1nc(C2CC2(C)C)nc(C)c1CNC1CC1. The van der Waals surface area contributed by atoms with Crippen molar-refractivity contribution in [3.8, 4) is 0 Å². The normalized spacial score (nSPS) is 25.2. The Morgan fingerprint density at radius 2 is 1.72 bits per heavy atom. The zero-order valence-electron chi connectivity index (χ0n) is 11.9. The average molecular weight is 245 g/mol. The molecule has 1 atom stereocenters. The van der Waals surface area contributed by atoms with Gasteiger partial charge in [-0.3, -0.25) is 0 Å². The van der Waals surface area contributed by atoms with Gasteiger partial charge in [-0.2, -0.15) is 0 Å². The van der Waals surface area contributed by atoms with Gasteiger partial charge in [0, 0.05) is 35.5 Å². The third-order valence-corrected chi connectivity index (χ3v) is 4.41. The van der Waals surface area contributed by atoms with E-state index in [1.807, 2.05) is 0 Å². The van der Waals surface area contributed by atoms with Crippen molar-refractivity contribution < 1.29 is 0 Å². The Kier molecular flexibility index (Phi) is 2.70. The third-order valence-electron chi connectivity index (χ3n) is 4.41. The number of nitrogens with one attached hydrogen (secondary N) is 1. The van der Waals surface area contributed by atoms with Crippen molar-refractivity contribution in [2.45, 2.75) is 65.5 Å². The molecule has 0 aromatic carbocycles. The molecule has 2 saturated carbocycles. The quantitative estimate of drug-likeness (QED) is 0.886. The number of aromatic nitrogens is 2. The first-order valence-corrected chi connectivity index (χ1v) is 7.05. The third kappa shape index (κ3) is 2.28. The number of hydrogen-bond donors (Lipinski definition) is 1.